The number of benzene rings is 2. The standard InChI is InChI=1S/C18H14F6N2O2/c1-10-3-2-4-14(5-10)26-15(27)9-25-16(28)11-6-12(17(19,20)21)8-13(7-11)18(22,23)24/h2-8H,9H2,1H3,(H,25,28)(H,26,27). The Morgan fingerprint density at radius 3 is 1.96 bits per heavy atom. The summed E-state index contributed by atoms with van der Waals surface area (Å²) in [5.74, 6) is -1.93. The summed E-state index contributed by atoms with van der Waals surface area (Å²) in [6, 6.07) is 7.18. The molecule has 0 aliphatic heterocycles. The highest BCUT2D eigenvalue weighted by atomic mass is 19.4. The molecule has 2 N–H and O–H groups in total. The molecule has 0 unspecified atom stereocenters. The lowest BCUT2D eigenvalue weighted by Gasteiger charge is -2.14. The maximum atomic E-state index is 12.8. The average Bonchev–Trinajstić information content (AvgIpc) is 2.57. The van der Waals surface area contributed by atoms with Crippen molar-refractivity contribution in [2.24, 2.45) is 0 Å². The normalized spacial score (nSPS) is 11.8. The Hall–Kier alpha value is -3.04. The monoisotopic (exact) mass is 404 g/mol. The highest BCUT2D eigenvalue weighted by Crippen LogP contribution is 2.36. The minimum atomic E-state index is -5.07. The van der Waals surface area contributed by atoms with E-state index in [1.807, 2.05) is 5.32 Å². The number of anilines is 1. The van der Waals surface area contributed by atoms with Crippen molar-refractivity contribution in [3.05, 3.63) is 64.7 Å². The predicted molar refractivity (Wildman–Crippen MR) is 88.6 cm³/mol. The minimum absolute atomic E-state index is 0.0821. The van der Waals surface area contributed by atoms with Gasteiger partial charge in [0.15, 0.2) is 0 Å². The number of alkyl halides is 6. The Balaban J connectivity index is 2.13. The smallest absolute Gasteiger partial charge is 0.343 e. The zero-order chi connectivity index (χ0) is 21.1. The number of rotatable bonds is 4. The fourth-order valence-corrected chi connectivity index (χ4v) is 2.28. The maximum absolute atomic E-state index is 12.8. The van der Waals surface area contributed by atoms with Gasteiger partial charge in [-0.25, -0.2) is 0 Å². The molecule has 0 fully saturated rings. The molecule has 2 aromatic carbocycles. The average molecular weight is 404 g/mol. The molecule has 2 aromatic rings. The summed E-state index contributed by atoms with van der Waals surface area (Å²) in [5.41, 5.74) is -2.80. The first-order valence-electron chi connectivity index (χ1n) is 7.80. The molecule has 0 bridgehead atoms. The van der Waals surface area contributed by atoms with Gasteiger partial charge in [-0.2, -0.15) is 26.3 Å². The second-order valence-electron chi connectivity index (χ2n) is 5.89. The fraction of sp³-hybridized carbons (Fsp3) is 0.222. The Labute approximate surface area is 155 Å². The third-order valence-electron chi connectivity index (χ3n) is 3.56. The number of aryl methyl sites for hydroxylation is 1. The highest BCUT2D eigenvalue weighted by molar-refractivity contribution is 5.99. The third-order valence-corrected chi connectivity index (χ3v) is 3.56. The van der Waals surface area contributed by atoms with Crippen molar-refractivity contribution in [1.82, 2.24) is 5.32 Å². The SMILES string of the molecule is Cc1cccc(NC(=O)CNC(=O)c2cc(C(F)(F)F)cc(C(F)(F)F)c2)c1. The van der Waals surface area contributed by atoms with Crippen LogP contribution in [0.4, 0.5) is 32.0 Å². The molecule has 0 aliphatic rings. The first kappa shape index (κ1) is 21.3. The lowest BCUT2D eigenvalue weighted by molar-refractivity contribution is -0.143. The van der Waals surface area contributed by atoms with Crippen LogP contribution in [0.15, 0.2) is 42.5 Å². The molecular formula is C18H14F6N2O2. The van der Waals surface area contributed by atoms with E-state index in [1.54, 1.807) is 31.2 Å². The van der Waals surface area contributed by atoms with Crippen LogP contribution < -0.4 is 10.6 Å². The summed E-state index contributed by atoms with van der Waals surface area (Å²) >= 11 is 0. The molecule has 0 spiro atoms. The van der Waals surface area contributed by atoms with E-state index in [1.165, 1.54) is 0 Å². The van der Waals surface area contributed by atoms with E-state index >= 15 is 0 Å². The number of carbonyl (C=O) groups is 2. The molecule has 0 radical (unpaired) electrons. The van der Waals surface area contributed by atoms with Crippen molar-refractivity contribution in [3.8, 4) is 0 Å². The van der Waals surface area contributed by atoms with Crippen molar-refractivity contribution in [1.29, 1.82) is 0 Å². The Morgan fingerprint density at radius 1 is 0.893 bits per heavy atom. The summed E-state index contributed by atoms with van der Waals surface area (Å²) in [7, 11) is 0. The van der Waals surface area contributed by atoms with E-state index in [0.29, 0.717) is 17.8 Å². The maximum Gasteiger partial charge on any atom is 0.416 e. The number of nitrogens with one attached hydrogen (secondary N) is 2. The van der Waals surface area contributed by atoms with Gasteiger partial charge in [-0.3, -0.25) is 9.59 Å². The summed E-state index contributed by atoms with van der Waals surface area (Å²) < 4.78 is 77.0. The third kappa shape index (κ3) is 5.73. The Kier molecular flexibility index (Phi) is 6.01. The summed E-state index contributed by atoms with van der Waals surface area (Å²) in [4.78, 5) is 23.8. The second-order valence-corrected chi connectivity index (χ2v) is 5.89. The lowest BCUT2D eigenvalue weighted by atomic mass is 10.0. The summed E-state index contributed by atoms with van der Waals surface area (Å²) in [6.07, 6.45) is -10.1. The lowest BCUT2D eigenvalue weighted by Crippen LogP contribution is -2.33. The predicted octanol–water partition coefficient (Wildman–Crippen LogP) is 4.40. The molecule has 0 heterocycles. The number of hydrogen-bond donors (Lipinski definition) is 2. The van der Waals surface area contributed by atoms with Gasteiger partial charge >= 0.3 is 12.4 Å². The molecule has 0 saturated carbocycles. The van der Waals surface area contributed by atoms with Crippen LogP contribution in [0.5, 0.6) is 0 Å². The molecule has 0 atom stereocenters. The van der Waals surface area contributed by atoms with Crippen LogP contribution in [-0.4, -0.2) is 18.4 Å². The van der Waals surface area contributed by atoms with E-state index in [2.05, 4.69) is 5.32 Å². The van der Waals surface area contributed by atoms with Crippen molar-refractivity contribution >= 4 is 17.5 Å². The summed E-state index contributed by atoms with van der Waals surface area (Å²) in [5, 5.41) is 4.45. The van der Waals surface area contributed by atoms with Gasteiger partial charge in [-0.15, -0.1) is 0 Å². The largest absolute Gasteiger partial charge is 0.416 e. The Bertz CT molecular complexity index is 858. The molecule has 0 aromatic heterocycles. The van der Waals surface area contributed by atoms with E-state index in [9.17, 15) is 35.9 Å². The summed E-state index contributed by atoms with van der Waals surface area (Å²) in [6.45, 7) is 1.15. The Morgan fingerprint density at radius 2 is 1.46 bits per heavy atom. The van der Waals surface area contributed by atoms with Crippen molar-refractivity contribution in [3.63, 3.8) is 0 Å². The van der Waals surface area contributed by atoms with Crippen LogP contribution in [0.3, 0.4) is 0 Å². The van der Waals surface area contributed by atoms with Gasteiger partial charge in [0.25, 0.3) is 5.91 Å². The molecule has 2 amide bonds. The number of halogens is 6. The van der Waals surface area contributed by atoms with Crippen molar-refractivity contribution < 1.29 is 35.9 Å². The van der Waals surface area contributed by atoms with Gasteiger partial charge < -0.3 is 10.6 Å². The minimum Gasteiger partial charge on any atom is -0.343 e. The number of amides is 2. The molecule has 2 rings (SSSR count). The van der Waals surface area contributed by atoms with Gasteiger partial charge in [0.2, 0.25) is 5.91 Å². The van der Waals surface area contributed by atoms with Gasteiger partial charge in [0.1, 0.15) is 0 Å². The van der Waals surface area contributed by atoms with Crippen molar-refractivity contribution in [2.45, 2.75) is 19.3 Å². The van der Waals surface area contributed by atoms with Crippen LogP contribution >= 0.6 is 0 Å². The van der Waals surface area contributed by atoms with Crippen LogP contribution in [0, 0.1) is 6.92 Å². The van der Waals surface area contributed by atoms with Gasteiger partial charge in [-0.1, -0.05) is 12.1 Å². The van der Waals surface area contributed by atoms with Crippen molar-refractivity contribution in [2.75, 3.05) is 11.9 Å². The zero-order valence-electron chi connectivity index (χ0n) is 14.3. The number of hydrogen-bond acceptors (Lipinski definition) is 2. The molecule has 0 aliphatic carbocycles. The van der Waals surface area contributed by atoms with Crippen LogP contribution in [0.25, 0.3) is 0 Å². The molecule has 150 valence electrons. The first-order chi connectivity index (χ1) is 12.9. The first-order valence-corrected chi connectivity index (χ1v) is 7.80. The fourth-order valence-electron chi connectivity index (χ4n) is 2.28. The topological polar surface area (TPSA) is 58.2 Å². The van der Waals surface area contributed by atoms with E-state index < -0.39 is 47.4 Å². The van der Waals surface area contributed by atoms with Crippen LogP contribution in [-0.2, 0) is 17.1 Å². The highest BCUT2D eigenvalue weighted by Gasteiger charge is 2.37. The molecular weight excluding hydrogens is 390 g/mol. The van der Waals surface area contributed by atoms with Gasteiger partial charge in [0.05, 0.1) is 17.7 Å². The number of carbonyl (C=O) groups excluding carboxylic acids is 2. The molecule has 4 nitrogen and oxygen atoms in total. The van der Waals surface area contributed by atoms with Gasteiger partial charge in [0, 0.05) is 11.3 Å². The molecule has 0 saturated heterocycles. The second kappa shape index (κ2) is 7.91. The van der Waals surface area contributed by atoms with E-state index in [4.69, 9.17) is 0 Å². The molecule has 28 heavy (non-hydrogen) atoms. The molecule has 10 heteroatoms. The van der Waals surface area contributed by atoms with Crippen LogP contribution in [0.1, 0.15) is 27.0 Å². The van der Waals surface area contributed by atoms with Gasteiger partial charge in [-0.05, 0) is 42.8 Å². The van der Waals surface area contributed by atoms with E-state index in [-0.39, 0.29) is 6.07 Å². The zero-order valence-corrected chi connectivity index (χ0v) is 14.3. The van der Waals surface area contributed by atoms with E-state index in [0.717, 1.165) is 5.56 Å². The quantitative estimate of drug-likeness (QED) is 0.743. The van der Waals surface area contributed by atoms with Crippen LogP contribution in [0.2, 0.25) is 0 Å².